The standard InChI is InChI=1S/C32H62O2/c1-3-5-7-9-11-12-13-14-15-16-17-18-19-20-21-22-23-25-27-29-31-34-32(33)30-28-26-24-10-8-6-4-2/h4H,2-3,5-31H2,1H3. The van der Waals surface area contributed by atoms with Gasteiger partial charge < -0.3 is 4.74 Å². The summed E-state index contributed by atoms with van der Waals surface area (Å²) in [5, 5.41) is 0. The van der Waals surface area contributed by atoms with E-state index in [2.05, 4.69) is 13.5 Å². The molecule has 0 saturated carbocycles. The fraction of sp³-hybridized carbons (Fsp3) is 0.906. The first-order chi connectivity index (χ1) is 16.8. The van der Waals surface area contributed by atoms with Gasteiger partial charge in [-0.2, -0.15) is 0 Å². The van der Waals surface area contributed by atoms with Gasteiger partial charge in [0.1, 0.15) is 0 Å². The van der Waals surface area contributed by atoms with Crippen molar-refractivity contribution in [2.45, 2.75) is 180 Å². The van der Waals surface area contributed by atoms with Crippen LogP contribution in [-0.4, -0.2) is 12.6 Å². The van der Waals surface area contributed by atoms with Crippen molar-refractivity contribution in [2.75, 3.05) is 6.61 Å². The van der Waals surface area contributed by atoms with Gasteiger partial charge in [0, 0.05) is 6.42 Å². The van der Waals surface area contributed by atoms with Gasteiger partial charge in [0.25, 0.3) is 0 Å². The first-order valence-electron chi connectivity index (χ1n) is 15.6. The lowest BCUT2D eigenvalue weighted by atomic mass is 10.0. The minimum Gasteiger partial charge on any atom is -0.466 e. The van der Waals surface area contributed by atoms with E-state index in [1.54, 1.807) is 0 Å². The number of hydrogen-bond donors (Lipinski definition) is 0. The molecule has 0 radical (unpaired) electrons. The number of esters is 1. The molecule has 2 nitrogen and oxygen atoms in total. The lowest BCUT2D eigenvalue weighted by Crippen LogP contribution is -2.05. The van der Waals surface area contributed by atoms with Crippen molar-refractivity contribution >= 4 is 5.97 Å². The van der Waals surface area contributed by atoms with E-state index in [1.807, 2.05) is 6.08 Å². The van der Waals surface area contributed by atoms with Crippen molar-refractivity contribution in [1.29, 1.82) is 0 Å². The lowest BCUT2D eigenvalue weighted by molar-refractivity contribution is -0.143. The molecule has 0 amide bonds. The molecule has 0 aliphatic heterocycles. The first kappa shape index (κ1) is 33.2. The number of ether oxygens (including phenoxy) is 1. The molecule has 0 aromatic carbocycles. The molecule has 0 aliphatic rings. The van der Waals surface area contributed by atoms with Crippen LogP contribution in [-0.2, 0) is 9.53 Å². The van der Waals surface area contributed by atoms with Crippen LogP contribution in [0.15, 0.2) is 12.7 Å². The molecule has 202 valence electrons. The summed E-state index contributed by atoms with van der Waals surface area (Å²) in [4.78, 5) is 11.7. The Labute approximate surface area is 215 Å². The molecule has 0 heterocycles. The summed E-state index contributed by atoms with van der Waals surface area (Å²) in [6, 6.07) is 0. The van der Waals surface area contributed by atoms with Crippen LogP contribution in [0.2, 0.25) is 0 Å². The molecule has 0 atom stereocenters. The van der Waals surface area contributed by atoms with Crippen LogP contribution in [0, 0.1) is 0 Å². The van der Waals surface area contributed by atoms with Crippen LogP contribution in [0.4, 0.5) is 0 Å². The zero-order valence-corrected chi connectivity index (χ0v) is 23.4. The molecule has 0 aromatic heterocycles. The average molecular weight is 479 g/mol. The quantitative estimate of drug-likeness (QED) is 0.0607. The minimum atomic E-state index is 0.00361. The summed E-state index contributed by atoms with van der Waals surface area (Å²) in [5.41, 5.74) is 0. The van der Waals surface area contributed by atoms with E-state index in [0.29, 0.717) is 13.0 Å². The van der Waals surface area contributed by atoms with Crippen LogP contribution in [0.1, 0.15) is 180 Å². The van der Waals surface area contributed by atoms with Gasteiger partial charge in [-0.1, -0.05) is 154 Å². The Morgan fingerprint density at radius 3 is 1.29 bits per heavy atom. The second kappa shape index (κ2) is 30.2. The van der Waals surface area contributed by atoms with E-state index in [-0.39, 0.29) is 5.97 Å². The van der Waals surface area contributed by atoms with Crippen LogP contribution < -0.4 is 0 Å². The lowest BCUT2D eigenvalue weighted by Gasteiger charge is -2.05. The van der Waals surface area contributed by atoms with E-state index in [4.69, 9.17) is 4.74 Å². The molecular formula is C32H62O2. The molecule has 0 N–H and O–H groups in total. The SMILES string of the molecule is C=CCCCCCCCC(=O)OCCCCCCCCCCCCCCCCCCCCCC. The van der Waals surface area contributed by atoms with Crippen molar-refractivity contribution in [2.24, 2.45) is 0 Å². The van der Waals surface area contributed by atoms with Crippen molar-refractivity contribution in [3.63, 3.8) is 0 Å². The second-order valence-corrected chi connectivity index (χ2v) is 10.5. The molecule has 0 aromatic rings. The molecule has 0 unspecified atom stereocenters. The van der Waals surface area contributed by atoms with Gasteiger partial charge in [0.15, 0.2) is 0 Å². The molecule has 0 fully saturated rings. The number of carbonyl (C=O) groups is 1. The number of rotatable bonds is 29. The van der Waals surface area contributed by atoms with E-state index in [9.17, 15) is 4.79 Å². The van der Waals surface area contributed by atoms with Crippen LogP contribution >= 0.6 is 0 Å². The summed E-state index contributed by atoms with van der Waals surface area (Å²) >= 11 is 0. The van der Waals surface area contributed by atoms with Crippen LogP contribution in [0.3, 0.4) is 0 Å². The summed E-state index contributed by atoms with van der Waals surface area (Å²) in [6.07, 6.45) is 37.4. The fourth-order valence-corrected chi connectivity index (χ4v) is 4.70. The summed E-state index contributed by atoms with van der Waals surface area (Å²) < 4.78 is 5.37. The Kier molecular flexibility index (Phi) is 29.5. The highest BCUT2D eigenvalue weighted by molar-refractivity contribution is 5.69. The highest BCUT2D eigenvalue weighted by Crippen LogP contribution is 2.15. The van der Waals surface area contributed by atoms with Gasteiger partial charge in [-0.25, -0.2) is 0 Å². The smallest absolute Gasteiger partial charge is 0.305 e. The highest BCUT2D eigenvalue weighted by atomic mass is 16.5. The third-order valence-electron chi connectivity index (χ3n) is 7.05. The molecule has 0 aliphatic carbocycles. The van der Waals surface area contributed by atoms with E-state index < -0.39 is 0 Å². The Bertz CT molecular complexity index is 404. The molecule has 0 bridgehead atoms. The Morgan fingerprint density at radius 2 is 0.882 bits per heavy atom. The second-order valence-electron chi connectivity index (χ2n) is 10.5. The number of allylic oxidation sites excluding steroid dienone is 1. The zero-order chi connectivity index (χ0) is 24.8. The van der Waals surface area contributed by atoms with Gasteiger partial charge in [0.2, 0.25) is 0 Å². The average Bonchev–Trinajstić information content (AvgIpc) is 2.84. The van der Waals surface area contributed by atoms with Crippen molar-refractivity contribution in [1.82, 2.24) is 0 Å². The summed E-state index contributed by atoms with van der Waals surface area (Å²) in [5.74, 6) is 0.00361. The number of unbranched alkanes of at least 4 members (excludes halogenated alkanes) is 24. The summed E-state index contributed by atoms with van der Waals surface area (Å²) in [7, 11) is 0. The molecule has 0 rings (SSSR count). The Hall–Kier alpha value is -0.790. The Morgan fingerprint density at radius 1 is 0.529 bits per heavy atom. The molecule has 2 heteroatoms. The minimum absolute atomic E-state index is 0.00361. The van der Waals surface area contributed by atoms with Gasteiger partial charge >= 0.3 is 5.97 Å². The first-order valence-corrected chi connectivity index (χ1v) is 15.6. The maximum absolute atomic E-state index is 11.7. The third kappa shape index (κ3) is 29.2. The topological polar surface area (TPSA) is 26.3 Å². The number of hydrogen-bond acceptors (Lipinski definition) is 2. The molecular weight excluding hydrogens is 416 g/mol. The normalized spacial score (nSPS) is 11.1. The fourth-order valence-electron chi connectivity index (χ4n) is 4.70. The molecule has 34 heavy (non-hydrogen) atoms. The maximum atomic E-state index is 11.7. The van der Waals surface area contributed by atoms with Crippen molar-refractivity contribution in [3.8, 4) is 0 Å². The monoisotopic (exact) mass is 478 g/mol. The van der Waals surface area contributed by atoms with E-state index >= 15 is 0 Å². The maximum Gasteiger partial charge on any atom is 0.305 e. The summed E-state index contributed by atoms with van der Waals surface area (Å²) in [6.45, 7) is 6.66. The zero-order valence-electron chi connectivity index (χ0n) is 23.4. The predicted octanol–water partition coefficient (Wildman–Crippen LogP) is 11.3. The molecule has 0 spiro atoms. The largest absolute Gasteiger partial charge is 0.466 e. The van der Waals surface area contributed by atoms with Crippen molar-refractivity contribution in [3.05, 3.63) is 12.7 Å². The van der Waals surface area contributed by atoms with Crippen molar-refractivity contribution < 1.29 is 9.53 Å². The van der Waals surface area contributed by atoms with Gasteiger partial charge in [-0.05, 0) is 25.7 Å². The van der Waals surface area contributed by atoms with E-state index in [1.165, 1.54) is 141 Å². The van der Waals surface area contributed by atoms with Crippen LogP contribution in [0.5, 0.6) is 0 Å². The van der Waals surface area contributed by atoms with Gasteiger partial charge in [-0.15, -0.1) is 6.58 Å². The highest BCUT2D eigenvalue weighted by Gasteiger charge is 2.02. The predicted molar refractivity (Wildman–Crippen MR) is 151 cm³/mol. The van der Waals surface area contributed by atoms with E-state index in [0.717, 1.165) is 25.7 Å². The molecule has 0 saturated heterocycles. The van der Waals surface area contributed by atoms with Gasteiger partial charge in [0.05, 0.1) is 6.61 Å². The Balaban J connectivity index is 3.11. The van der Waals surface area contributed by atoms with Gasteiger partial charge in [-0.3, -0.25) is 4.79 Å². The third-order valence-corrected chi connectivity index (χ3v) is 7.05. The van der Waals surface area contributed by atoms with Crippen LogP contribution in [0.25, 0.3) is 0 Å². The number of carbonyl (C=O) groups excluding carboxylic acids is 1.